The van der Waals surface area contributed by atoms with Gasteiger partial charge in [-0.25, -0.2) is 0 Å². The molecule has 0 aliphatic carbocycles. The molecule has 0 radical (unpaired) electrons. The minimum atomic E-state index is -4.04. The minimum Gasteiger partial charge on any atom is -0.282 e. The highest BCUT2D eigenvalue weighted by Gasteiger charge is 2.07. The van der Waals surface area contributed by atoms with Gasteiger partial charge in [0.2, 0.25) is 0 Å². The van der Waals surface area contributed by atoms with Crippen LogP contribution in [0, 0.1) is 0 Å². The lowest BCUT2D eigenvalue weighted by atomic mass is 10.2. The van der Waals surface area contributed by atoms with Gasteiger partial charge in [0.15, 0.2) is 0 Å². The van der Waals surface area contributed by atoms with Gasteiger partial charge in [0, 0.05) is 5.75 Å². The summed E-state index contributed by atoms with van der Waals surface area (Å²) in [7, 11) is -4.04. The maximum absolute atomic E-state index is 10.7. The molecule has 0 spiro atoms. The Morgan fingerprint density at radius 1 is 1.31 bits per heavy atom. The average molecular weight is 218 g/mol. The van der Waals surface area contributed by atoms with Crippen LogP contribution in [0.1, 0.15) is 5.56 Å². The molecule has 72 valence electrons. The molecule has 1 rings (SSSR count). The van der Waals surface area contributed by atoms with Gasteiger partial charge in [-0.3, -0.25) is 4.55 Å². The van der Waals surface area contributed by atoms with E-state index in [9.17, 15) is 8.42 Å². The first-order valence-electron chi connectivity index (χ1n) is 3.59. The summed E-state index contributed by atoms with van der Waals surface area (Å²) in [6.07, 6.45) is 1.97. The monoisotopic (exact) mass is 218 g/mol. The molecule has 0 bridgehead atoms. The Hall–Kier alpha value is -0.520. The van der Waals surface area contributed by atoms with Gasteiger partial charge >= 0.3 is 0 Å². The van der Waals surface area contributed by atoms with E-state index < -0.39 is 10.1 Å². The second-order valence-corrected chi connectivity index (χ2v) is 4.84. The third-order valence-corrected chi connectivity index (χ3v) is 3.02. The normalized spacial score (nSPS) is 11.5. The average Bonchev–Trinajstić information content (AvgIpc) is 2.04. The first kappa shape index (κ1) is 10.6. The summed E-state index contributed by atoms with van der Waals surface area (Å²) in [6, 6.07) is 6.20. The standard InChI is InChI=1S/C8H10O3S2/c1-12-6-7-2-4-8(5-3-7)13(9,10)11/h2-5H,6H2,1H3,(H,9,10,11). The smallest absolute Gasteiger partial charge is 0.282 e. The van der Waals surface area contributed by atoms with E-state index in [1.54, 1.807) is 23.9 Å². The molecule has 0 atom stereocenters. The lowest BCUT2D eigenvalue weighted by molar-refractivity contribution is 0.483. The molecule has 0 aliphatic heterocycles. The molecule has 1 aromatic rings. The Balaban J connectivity index is 2.94. The van der Waals surface area contributed by atoms with E-state index in [4.69, 9.17) is 4.55 Å². The molecule has 0 fully saturated rings. The van der Waals surface area contributed by atoms with Crippen molar-refractivity contribution >= 4 is 21.9 Å². The van der Waals surface area contributed by atoms with Crippen LogP contribution >= 0.6 is 11.8 Å². The quantitative estimate of drug-likeness (QED) is 0.786. The molecule has 0 aromatic heterocycles. The molecule has 1 N–H and O–H groups in total. The maximum atomic E-state index is 10.7. The fourth-order valence-corrected chi connectivity index (χ4v) is 1.93. The molecule has 0 aliphatic rings. The van der Waals surface area contributed by atoms with Crippen molar-refractivity contribution in [2.75, 3.05) is 6.26 Å². The predicted molar refractivity (Wildman–Crippen MR) is 53.5 cm³/mol. The topological polar surface area (TPSA) is 54.4 Å². The van der Waals surface area contributed by atoms with E-state index in [0.717, 1.165) is 11.3 Å². The molecule has 1 aromatic carbocycles. The van der Waals surface area contributed by atoms with Crippen LogP contribution in [0.4, 0.5) is 0 Å². The summed E-state index contributed by atoms with van der Waals surface area (Å²) in [4.78, 5) is -0.0580. The van der Waals surface area contributed by atoms with E-state index in [1.165, 1.54) is 12.1 Å². The highest BCUT2D eigenvalue weighted by atomic mass is 32.2. The van der Waals surface area contributed by atoms with Crippen molar-refractivity contribution in [2.45, 2.75) is 10.6 Å². The molecule has 3 nitrogen and oxygen atoms in total. The van der Waals surface area contributed by atoms with Gasteiger partial charge in [-0.2, -0.15) is 20.2 Å². The third kappa shape index (κ3) is 3.02. The molecule has 5 heteroatoms. The maximum Gasteiger partial charge on any atom is 0.294 e. The molecule has 13 heavy (non-hydrogen) atoms. The zero-order chi connectivity index (χ0) is 9.90. The first-order chi connectivity index (χ1) is 6.04. The fraction of sp³-hybridized carbons (Fsp3) is 0.250. The van der Waals surface area contributed by atoms with E-state index in [1.807, 2.05) is 6.26 Å². The Labute approximate surface area is 81.9 Å². The van der Waals surface area contributed by atoms with Gasteiger partial charge in [-0.05, 0) is 24.0 Å². The first-order valence-corrected chi connectivity index (χ1v) is 6.43. The predicted octanol–water partition coefficient (Wildman–Crippen LogP) is 1.80. The van der Waals surface area contributed by atoms with Crippen LogP contribution in [-0.4, -0.2) is 19.2 Å². The third-order valence-electron chi connectivity index (χ3n) is 1.53. The number of hydrogen-bond acceptors (Lipinski definition) is 3. The van der Waals surface area contributed by atoms with Crippen molar-refractivity contribution in [1.29, 1.82) is 0 Å². The summed E-state index contributed by atoms with van der Waals surface area (Å²) in [5.41, 5.74) is 1.04. The van der Waals surface area contributed by atoms with Crippen LogP contribution in [-0.2, 0) is 15.9 Å². The molecule has 0 amide bonds. The van der Waals surface area contributed by atoms with Gasteiger partial charge in [0.25, 0.3) is 10.1 Å². The molecule has 0 saturated heterocycles. The Bertz CT molecular complexity index is 367. The Morgan fingerprint density at radius 3 is 2.23 bits per heavy atom. The summed E-state index contributed by atoms with van der Waals surface area (Å²) in [5.74, 6) is 0.839. The van der Waals surface area contributed by atoms with Gasteiger partial charge in [0.05, 0.1) is 4.90 Å². The van der Waals surface area contributed by atoms with Crippen molar-refractivity contribution in [3.8, 4) is 0 Å². The van der Waals surface area contributed by atoms with E-state index in [0.29, 0.717) is 0 Å². The number of rotatable bonds is 3. The van der Waals surface area contributed by atoms with Crippen LogP contribution in [0.3, 0.4) is 0 Å². The highest BCUT2D eigenvalue weighted by molar-refractivity contribution is 7.97. The van der Waals surface area contributed by atoms with Crippen LogP contribution in [0.5, 0.6) is 0 Å². The number of thioether (sulfide) groups is 1. The molecular weight excluding hydrogens is 208 g/mol. The van der Waals surface area contributed by atoms with Crippen LogP contribution < -0.4 is 0 Å². The lowest BCUT2D eigenvalue weighted by Crippen LogP contribution is -1.97. The Kier molecular flexibility index (Phi) is 3.35. The van der Waals surface area contributed by atoms with Crippen LogP contribution in [0.2, 0.25) is 0 Å². The fourth-order valence-electron chi connectivity index (χ4n) is 0.924. The summed E-state index contributed by atoms with van der Waals surface area (Å²) in [5, 5.41) is 0. The van der Waals surface area contributed by atoms with E-state index in [-0.39, 0.29) is 4.90 Å². The van der Waals surface area contributed by atoms with Crippen LogP contribution in [0.15, 0.2) is 29.2 Å². The summed E-state index contributed by atoms with van der Waals surface area (Å²) in [6.45, 7) is 0. The largest absolute Gasteiger partial charge is 0.294 e. The SMILES string of the molecule is CSCc1ccc(S(=O)(=O)O)cc1. The van der Waals surface area contributed by atoms with Crippen molar-refractivity contribution in [1.82, 2.24) is 0 Å². The molecule has 0 heterocycles. The van der Waals surface area contributed by atoms with Crippen molar-refractivity contribution in [3.05, 3.63) is 29.8 Å². The van der Waals surface area contributed by atoms with E-state index >= 15 is 0 Å². The second-order valence-electron chi connectivity index (χ2n) is 2.55. The van der Waals surface area contributed by atoms with Crippen LogP contribution in [0.25, 0.3) is 0 Å². The zero-order valence-electron chi connectivity index (χ0n) is 7.10. The van der Waals surface area contributed by atoms with Gasteiger partial charge < -0.3 is 0 Å². The van der Waals surface area contributed by atoms with Crippen molar-refractivity contribution < 1.29 is 13.0 Å². The minimum absolute atomic E-state index is 0.0580. The van der Waals surface area contributed by atoms with Gasteiger partial charge in [-0.1, -0.05) is 12.1 Å². The second kappa shape index (κ2) is 4.13. The van der Waals surface area contributed by atoms with Gasteiger partial charge in [-0.15, -0.1) is 0 Å². The van der Waals surface area contributed by atoms with Crippen molar-refractivity contribution in [3.63, 3.8) is 0 Å². The zero-order valence-corrected chi connectivity index (χ0v) is 8.73. The molecular formula is C8H10O3S2. The van der Waals surface area contributed by atoms with Crippen molar-refractivity contribution in [2.24, 2.45) is 0 Å². The highest BCUT2D eigenvalue weighted by Crippen LogP contribution is 2.13. The summed E-state index contributed by atoms with van der Waals surface area (Å²) < 4.78 is 30.0. The van der Waals surface area contributed by atoms with E-state index in [2.05, 4.69) is 0 Å². The molecule has 0 saturated carbocycles. The Morgan fingerprint density at radius 2 is 1.85 bits per heavy atom. The number of hydrogen-bond donors (Lipinski definition) is 1. The van der Waals surface area contributed by atoms with Gasteiger partial charge in [0.1, 0.15) is 0 Å². The number of benzene rings is 1. The lowest BCUT2D eigenvalue weighted by Gasteiger charge is -1.99. The summed E-state index contributed by atoms with van der Waals surface area (Å²) >= 11 is 1.66. The molecule has 0 unspecified atom stereocenters.